The first kappa shape index (κ1) is 16.5. The van der Waals surface area contributed by atoms with Crippen LogP contribution >= 0.6 is 0 Å². The molecule has 0 radical (unpaired) electrons. The number of aliphatic hydroxyl groups excluding tert-OH is 1. The Morgan fingerprint density at radius 1 is 1.40 bits per heavy atom. The summed E-state index contributed by atoms with van der Waals surface area (Å²) in [6.07, 6.45) is 0. The van der Waals surface area contributed by atoms with E-state index in [9.17, 15) is 22.0 Å². The zero-order chi connectivity index (χ0) is 15.7. The number of benzene rings is 1. The minimum atomic E-state index is -4.39. The van der Waals surface area contributed by atoms with Crippen LogP contribution in [0.15, 0.2) is 17.0 Å². The fourth-order valence-corrected chi connectivity index (χ4v) is 2.85. The van der Waals surface area contributed by atoms with Gasteiger partial charge in [0.05, 0.1) is 6.61 Å². The Bertz CT molecular complexity index is 632. The molecule has 0 aromatic heterocycles. The number of nitrogens with zero attached hydrogens (tertiary/aromatic N) is 1. The molecule has 6 nitrogen and oxygen atoms in total. The van der Waals surface area contributed by atoms with Crippen LogP contribution in [-0.2, 0) is 10.0 Å². The summed E-state index contributed by atoms with van der Waals surface area (Å²) in [5.41, 5.74) is -1.34. The number of hydrogen-bond acceptors (Lipinski definition) is 4. The molecule has 1 unspecified atom stereocenters. The van der Waals surface area contributed by atoms with Crippen molar-refractivity contribution in [3.8, 4) is 0 Å². The van der Waals surface area contributed by atoms with Gasteiger partial charge in [-0.15, -0.1) is 0 Å². The van der Waals surface area contributed by atoms with Gasteiger partial charge in [-0.05, 0) is 19.1 Å². The van der Waals surface area contributed by atoms with Crippen LogP contribution < -0.4 is 0 Å². The van der Waals surface area contributed by atoms with Crippen molar-refractivity contribution in [1.29, 1.82) is 0 Å². The lowest BCUT2D eigenvalue weighted by Crippen LogP contribution is -2.37. The Labute approximate surface area is 114 Å². The molecule has 112 valence electrons. The summed E-state index contributed by atoms with van der Waals surface area (Å²) in [7, 11) is -3.29. The highest BCUT2D eigenvalue weighted by Gasteiger charge is 2.31. The summed E-state index contributed by atoms with van der Waals surface area (Å²) < 4.78 is 52.0. The van der Waals surface area contributed by atoms with Crippen LogP contribution in [0.3, 0.4) is 0 Å². The Balaban J connectivity index is 3.48. The smallest absolute Gasteiger partial charge is 0.341 e. The van der Waals surface area contributed by atoms with E-state index in [1.165, 1.54) is 6.92 Å². The van der Waals surface area contributed by atoms with Crippen LogP contribution in [0, 0.1) is 11.6 Å². The zero-order valence-corrected chi connectivity index (χ0v) is 11.5. The van der Waals surface area contributed by atoms with E-state index < -0.39 is 50.7 Å². The van der Waals surface area contributed by atoms with E-state index in [-0.39, 0.29) is 0 Å². The van der Waals surface area contributed by atoms with Crippen molar-refractivity contribution in [3.63, 3.8) is 0 Å². The van der Waals surface area contributed by atoms with Crippen LogP contribution in [0.2, 0.25) is 0 Å². The third-order valence-electron chi connectivity index (χ3n) is 2.81. The average molecular weight is 309 g/mol. The second kappa shape index (κ2) is 5.81. The quantitative estimate of drug-likeness (QED) is 0.833. The molecule has 0 aliphatic carbocycles. The van der Waals surface area contributed by atoms with Gasteiger partial charge in [-0.1, -0.05) is 0 Å². The third-order valence-corrected chi connectivity index (χ3v) is 4.80. The molecule has 0 fully saturated rings. The molecule has 20 heavy (non-hydrogen) atoms. The summed E-state index contributed by atoms with van der Waals surface area (Å²) in [4.78, 5) is 9.79. The van der Waals surface area contributed by atoms with Crippen molar-refractivity contribution in [2.45, 2.75) is 17.9 Å². The Morgan fingerprint density at radius 3 is 2.40 bits per heavy atom. The summed E-state index contributed by atoms with van der Waals surface area (Å²) in [5, 5.41) is 17.6. The Hall–Kier alpha value is -1.58. The second-order valence-corrected chi connectivity index (χ2v) is 6.06. The number of aliphatic hydroxyl groups is 1. The Kier molecular flexibility index (Phi) is 4.79. The molecule has 1 atom stereocenters. The first-order valence-corrected chi connectivity index (χ1v) is 6.88. The van der Waals surface area contributed by atoms with Crippen molar-refractivity contribution in [2.75, 3.05) is 13.7 Å². The number of carboxylic acid groups (broad SMARTS) is 1. The predicted molar refractivity (Wildman–Crippen MR) is 64.8 cm³/mol. The van der Waals surface area contributed by atoms with Crippen molar-refractivity contribution in [1.82, 2.24) is 4.31 Å². The normalized spacial score (nSPS) is 13.5. The lowest BCUT2D eigenvalue weighted by Gasteiger charge is -2.23. The van der Waals surface area contributed by atoms with Gasteiger partial charge in [-0.2, -0.15) is 4.31 Å². The highest BCUT2D eigenvalue weighted by atomic mass is 32.2. The number of hydrogen-bond donors (Lipinski definition) is 2. The van der Waals surface area contributed by atoms with Gasteiger partial charge in [0.2, 0.25) is 10.0 Å². The lowest BCUT2D eigenvalue weighted by atomic mass is 10.2. The maximum Gasteiger partial charge on any atom is 0.341 e. The van der Waals surface area contributed by atoms with Gasteiger partial charge >= 0.3 is 5.97 Å². The highest BCUT2D eigenvalue weighted by molar-refractivity contribution is 7.89. The fraction of sp³-hybridized carbons (Fsp3) is 0.364. The van der Waals surface area contributed by atoms with Gasteiger partial charge in [0.25, 0.3) is 0 Å². The lowest BCUT2D eigenvalue weighted by molar-refractivity contribution is 0.0685. The molecule has 0 bridgehead atoms. The number of carboxylic acids is 1. The molecular weight excluding hydrogens is 296 g/mol. The van der Waals surface area contributed by atoms with E-state index in [1.807, 2.05) is 0 Å². The topological polar surface area (TPSA) is 94.9 Å². The minimum Gasteiger partial charge on any atom is -0.477 e. The molecule has 0 amide bonds. The number of aromatic carboxylic acids is 1. The summed E-state index contributed by atoms with van der Waals surface area (Å²) in [5.74, 6) is -4.95. The summed E-state index contributed by atoms with van der Waals surface area (Å²) in [6.45, 7) is 0.863. The monoisotopic (exact) mass is 309 g/mol. The Morgan fingerprint density at radius 2 is 1.95 bits per heavy atom. The van der Waals surface area contributed by atoms with Crippen LogP contribution in [0.1, 0.15) is 17.3 Å². The van der Waals surface area contributed by atoms with Gasteiger partial charge in [-0.3, -0.25) is 0 Å². The van der Waals surface area contributed by atoms with Crippen molar-refractivity contribution in [3.05, 3.63) is 29.3 Å². The van der Waals surface area contributed by atoms with Gasteiger partial charge in [-0.25, -0.2) is 22.0 Å². The first-order chi connectivity index (χ1) is 9.14. The van der Waals surface area contributed by atoms with Crippen molar-refractivity contribution < 1.29 is 32.2 Å². The molecule has 1 aromatic carbocycles. The number of likely N-dealkylation sites (N-methyl/N-ethyl adjacent to an activating group) is 1. The highest BCUT2D eigenvalue weighted by Crippen LogP contribution is 2.24. The van der Waals surface area contributed by atoms with E-state index >= 15 is 0 Å². The second-order valence-electron chi connectivity index (χ2n) is 4.09. The van der Waals surface area contributed by atoms with E-state index in [0.29, 0.717) is 16.4 Å². The largest absolute Gasteiger partial charge is 0.477 e. The number of sulfonamides is 1. The van der Waals surface area contributed by atoms with E-state index in [2.05, 4.69) is 0 Å². The maximum atomic E-state index is 13.9. The van der Waals surface area contributed by atoms with Gasteiger partial charge in [0, 0.05) is 13.1 Å². The van der Waals surface area contributed by atoms with Crippen LogP contribution in [0.25, 0.3) is 0 Å². The molecule has 0 saturated heterocycles. The molecular formula is C11H13F2NO5S. The molecule has 1 rings (SSSR count). The standard InChI is InChI=1S/C11H13F2NO5S/c1-6(5-15)14(2)20(18,19)8-4-3-7(12)9(10(8)13)11(16)17/h3-4,6,15H,5H2,1-2H3,(H,16,17). The molecule has 0 aliphatic heterocycles. The van der Waals surface area contributed by atoms with Crippen LogP contribution in [0.4, 0.5) is 8.78 Å². The average Bonchev–Trinajstić information content (AvgIpc) is 2.36. The molecule has 1 aromatic rings. The predicted octanol–water partition coefficient (Wildman–Crippen LogP) is 0.664. The van der Waals surface area contributed by atoms with Crippen LogP contribution in [0.5, 0.6) is 0 Å². The molecule has 0 aliphatic rings. The molecule has 0 saturated carbocycles. The summed E-state index contributed by atoms with van der Waals surface area (Å²) in [6, 6.07) is 0.363. The van der Waals surface area contributed by atoms with Gasteiger partial charge in [0.1, 0.15) is 16.3 Å². The first-order valence-electron chi connectivity index (χ1n) is 5.44. The molecule has 2 N–H and O–H groups in total. The van der Waals surface area contributed by atoms with E-state index in [0.717, 1.165) is 7.05 Å². The number of carbonyl (C=O) groups is 1. The van der Waals surface area contributed by atoms with Crippen molar-refractivity contribution in [2.24, 2.45) is 0 Å². The molecule has 0 spiro atoms. The van der Waals surface area contributed by atoms with E-state index in [4.69, 9.17) is 10.2 Å². The minimum absolute atomic E-state index is 0.510. The van der Waals surface area contributed by atoms with Gasteiger partial charge in [0.15, 0.2) is 5.82 Å². The maximum absolute atomic E-state index is 13.9. The van der Waals surface area contributed by atoms with E-state index in [1.54, 1.807) is 0 Å². The van der Waals surface area contributed by atoms with Crippen LogP contribution in [-0.4, -0.2) is 48.6 Å². The zero-order valence-electron chi connectivity index (χ0n) is 10.7. The summed E-state index contributed by atoms with van der Waals surface area (Å²) >= 11 is 0. The molecule has 9 heteroatoms. The van der Waals surface area contributed by atoms with Gasteiger partial charge < -0.3 is 10.2 Å². The number of halogens is 2. The van der Waals surface area contributed by atoms with Crippen molar-refractivity contribution >= 4 is 16.0 Å². The SMILES string of the molecule is CC(CO)N(C)S(=O)(=O)c1ccc(F)c(C(=O)O)c1F. The molecule has 0 heterocycles. The third kappa shape index (κ3) is 2.79. The fourth-order valence-electron chi connectivity index (χ4n) is 1.44. The number of rotatable bonds is 5.